The van der Waals surface area contributed by atoms with Gasteiger partial charge in [-0.1, -0.05) is 18.2 Å². The lowest BCUT2D eigenvalue weighted by Gasteiger charge is -2.30. The highest BCUT2D eigenvalue weighted by Crippen LogP contribution is 2.35. The van der Waals surface area contributed by atoms with Crippen molar-refractivity contribution in [2.75, 3.05) is 5.73 Å². The third kappa shape index (κ3) is 1.55. The molecule has 3 nitrogen and oxygen atoms in total. The Morgan fingerprint density at radius 1 is 1.24 bits per heavy atom. The number of carbonyl (C=O) groups is 1. The highest BCUT2D eigenvalue weighted by Gasteiger charge is 2.34. The molecular formula is C14H14N2O. The molecular weight excluding hydrogens is 212 g/mol. The molecule has 0 bridgehead atoms. The van der Waals surface area contributed by atoms with Gasteiger partial charge in [-0.25, -0.2) is 0 Å². The Bertz CT molecular complexity index is 557. The first-order chi connectivity index (χ1) is 8.15. The average Bonchev–Trinajstić information content (AvgIpc) is 2.32. The van der Waals surface area contributed by atoms with Crippen LogP contribution in [-0.4, -0.2) is 5.78 Å². The Labute approximate surface area is 99.8 Å². The van der Waals surface area contributed by atoms with Crippen molar-refractivity contribution in [2.24, 2.45) is 17.6 Å². The summed E-state index contributed by atoms with van der Waals surface area (Å²) in [7, 11) is 0. The Hall–Kier alpha value is -2.03. The summed E-state index contributed by atoms with van der Waals surface area (Å²) in [5, 5.41) is 0. The zero-order chi connectivity index (χ0) is 12.0. The van der Waals surface area contributed by atoms with Crippen LogP contribution in [0.25, 0.3) is 0 Å². The number of Topliss-reactive ketones (excluding diaryl/α,β-unsaturated/α-hetero) is 1. The van der Waals surface area contributed by atoms with Gasteiger partial charge in [-0.2, -0.15) is 0 Å². The van der Waals surface area contributed by atoms with E-state index in [4.69, 9.17) is 11.5 Å². The lowest BCUT2D eigenvalue weighted by atomic mass is 9.73. The van der Waals surface area contributed by atoms with E-state index in [9.17, 15) is 4.79 Å². The van der Waals surface area contributed by atoms with Gasteiger partial charge in [-0.15, -0.1) is 0 Å². The van der Waals surface area contributed by atoms with Gasteiger partial charge >= 0.3 is 0 Å². The monoisotopic (exact) mass is 226 g/mol. The number of allylic oxidation sites excluding steroid dienone is 3. The third-order valence-electron chi connectivity index (χ3n) is 3.53. The summed E-state index contributed by atoms with van der Waals surface area (Å²) in [6.45, 7) is 0. The van der Waals surface area contributed by atoms with E-state index < -0.39 is 0 Å². The maximum atomic E-state index is 12.4. The van der Waals surface area contributed by atoms with Crippen LogP contribution in [0.5, 0.6) is 0 Å². The number of ketones is 1. The minimum atomic E-state index is -0.116. The molecule has 4 N–H and O–H groups in total. The van der Waals surface area contributed by atoms with Crippen molar-refractivity contribution < 1.29 is 4.79 Å². The number of carbonyl (C=O) groups excluding carboxylic acids is 1. The van der Waals surface area contributed by atoms with Crippen molar-refractivity contribution >= 4 is 11.5 Å². The number of nitrogens with two attached hydrogens (primary N) is 2. The van der Waals surface area contributed by atoms with Gasteiger partial charge in [0.05, 0.1) is 0 Å². The SMILES string of the molecule is NC1=CC2C(=O)c3cc(N)ccc3CC2C=C1. The predicted molar refractivity (Wildman–Crippen MR) is 67.3 cm³/mol. The van der Waals surface area contributed by atoms with Gasteiger partial charge in [0.25, 0.3) is 0 Å². The molecule has 1 aromatic carbocycles. The number of nitrogen functional groups attached to an aromatic ring is 1. The summed E-state index contributed by atoms with van der Waals surface area (Å²) in [4.78, 5) is 12.4. The van der Waals surface area contributed by atoms with Crippen molar-refractivity contribution in [3.05, 3.63) is 53.3 Å². The number of fused-ring (bicyclic) bond motifs is 2. The Kier molecular flexibility index (Phi) is 2.08. The van der Waals surface area contributed by atoms with Crippen molar-refractivity contribution in [1.82, 2.24) is 0 Å². The summed E-state index contributed by atoms with van der Waals surface area (Å²) < 4.78 is 0. The van der Waals surface area contributed by atoms with Crippen molar-refractivity contribution in [2.45, 2.75) is 6.42 Å². The van der Waals surface area contributed by atoms with Crippen LogP contribution in [-0.2, 0) is 6.42 Å². The highest BCUT2D eigenvalue weighted by molar-refractivity contribution is 6.02. The number of hydrogen-bond donors (Lipinski definition) is 2. The number of benzene rings is 1. The summed E-state index contributed by atoms with van der Waals surface area (Å²) >= 11 is 0. The summed E-state index contributed by atoms with van der Waals surface area (Å²) in [5.41, 5.74) is 14.6. The molecule has 2 unspecified atom stereocenters. The molecule has 0 heterocycles. The topological polar surface area (TPSA) is 69.1 Å². The van der Waals surface area contributed by atoms with Crippen LogP contribution in [0.2, 0.25) is 0 Å². The molecule has 2 aliphatic rings. The summed E-state index contributed by atoms with van der Waals surface area (Å²) in [5.74, 6) is 0.260. The quantitative estimate of drug-likeness (QED) is 0.661. The van der Waals surface area contributed by atoms with E-state index in [-0.39, 0.29) is 17.6 Å². The Morgan fingerprint density at radius 2 is 2.06 bits per heavy atom. The van der Waals surface area contributed by atoms with Crippen LogP contribution in [0.3, 0.4) is 0 Å². The fourth-order valence-electron chi connectivity index (χ4n) is 2.64. The molecule has 0 saturated heterocycles. The fraction of sp³-hybridized carbons (Fsp3) is 0.214. The molecule has 0 aromatic heterocycles. The van der Waals surface area contributed by atoms with E-state index in [0.717, 1.165) is 17.5 Å². The molecule has 1 aromatic rings. The molecule has 0 saturated carbocycles. The van der Waals surface area contributed by atoms with Gasteiger partial charge < -0.3 is 11.5 Å². The van der Waals surface area contributed by atoms with Gasteiger partial charge in [0, 0.05) is 22.9 Å². The molecule has 0 aliphatic heterocycles. The lowest BCUT2D eigenvalue weighted by molar-refractivity contribution is 0.0907. The molecule has 0 spiro atoms. The lowest BCUT2D eigenvalue weighted by Crippen LogP contribution is -2.31. The number of hydrogen-bond acceptors (Lipinski definition) is 3. The van der Waals surface area contributed by atoms with Crippen molar-refractivity contribution in [3.8, 4) is 0 Å². The van der Waals surface area contributed by atoms with Crippen LogP contribution in [0.1, 0.15) is 15.9 Å². The van der Waals surface area contributed by atoms with Gasteiger partial charge in [-0.3, -0.25) is 4.79 Å². The number of anilines is 1. The molecule has 0 amide bonds. The Morgan fingerprint density at radius 3 is 2.88 bits per heavy atom. The van der Waals surface area contributed by atoms with Gasteiger partial charge in [0.2, 0.25) is 0 Å². The van der Waals surface area contributed by atoms with Crippen molar-refractivity contribution in [3.63, 3.8) is 0 Å². The molecule has 2 atom stereocenters. The highest BCUT2D eigenvalue weighted by atomic mass is 16.1. The van der Waals surface area contributed by atoms with Crippen LogP contribution in [0.4, 0.5) is 5.69 Å². The minimum Gasteiger partial charge on any atom is -0.399 e. The predicted octanol–water partition coefficient (Wildman–Crippen LogP) is 1.65. The van der Waals surface area contributed by atoms with E-state index in [1.165, 1.54) is 0 Å². The van der Waals surface area contributed by atoms with Crippen LogP contribution >= 0.6 is 0 Å². The average molecular weight is 226 g/mol. The minimum absolute atomic E-state index is 0.116. The van der Waals surface area contributed by atoms with Crippen LogP contribution in [0, 0.1) is 11.8 Å². The van der Waals surface area contributed by atoms with Gasteiger partial charge in [-0.05, 0) is 36.1 Å². The molecule has 86 valence electrons. The van der Waals surface area contributed by atoms with E-state index in [0.29, 0.717) is 11.4 Å². The second kappa shape index (κ2) is 3.48. The van der Waals surface area contributed by atoms with Crippen LogP contribution < -0.4 is 11.5 Å². The van der Waals surface area contributed by atoms with Crippen molar-refractivity contribution in [1.29, 1.82) is 0 Å². The summed E-state index contributed by atoms with van der Waals surface area (Å²) in [6, 6.07) is 5.58. The second-order valence-electron chi connectivity index (χ2n) is 4.70. The molecule has 17 heavy (non-hydrogen) atoms. The zero-order valence-electron chi connectivity index (χ0n) is 9.39. The Balaban J connectivity index is 2.10. The first kappa shape index (κ1) is 10.1. The zero-order valence-corrected chi connectivity index (χ0v) is 9.39. The standard InChI is InChI=1S/C14H14N2O/c15-10-3-1-8-5-9-2-4-11(16)7-13(9)14(17)12(8)6-10/h1-4,6-8,12H,5,15-16H2. The molecule has 0 radical (unpaired) electrons. The number of rotatable bonds is 0. The first-order valence-corrected chi connectivity index (χ1v) is 5.73. The summed E-state index contributed by atoms with van der Waals surface area (Å²) in [6.07, 6.45) is 6.67. The maximum absolute atomic E-state index is 12.4. The third-order valence-corrected chi connectivity index (χ3v) is 3.53. The smallest absolute Gasteiger partial charge is 0.170 e. The van der Waals surface area contributed by atoms with Gasteiger partial charge in [0.15, 0.2) is 5.78 Å². The molecule has 3 heteroatoms. The first-order valence-electron chi connectivity index (χ1n) is 5.73. The van der Waals surface area contributed by atoms with E-state index in [1.54, 1.807) is 6.07 Å². The molecule has 3 rings (SSSR count). The normalized spacial score (nSPS) is 26.1. The molecule has 2 aliphatic carbocycles. The maximum Gasteiger partial charge on any atom is 0.170 e. The van der Waals surface area contributed by atoms with Gasteiger partial charge in [0.1, 0.15) is 0 Å². The fourth-order valence-corrected chi connectivity index (χ4v) is 2.64. The largest absolute Gasteiger partial charge is 0.399 e. The van der Waals surface area contributed by atoms with Crippen LogP contribution in [0.15, 0.2) is 42.1 Å². The van der Waals surface area contributed by atoms with E-state index in [2.05, 4.69) is 0 Å². The van der Waals surface area contributed by atoms with E-state index >= 15 is 0 Å². The second-order valence-corrected chi connectivity index (χ2v) is 4.70. The molecule has 0 fully saturated rings. The van der Waals surface area contributed by atoms with E-state index in [1.807, 2.05) is 30.4 Å².